The van der Waals surface area contributed by atoms with Crippen molar-refractivity contribution in [3.05, 3.63) is 35.5 Å². The first-order chi connectivity index (χ1) is 12.6. The van der Waals surface area contributed by atoms with Crippen molar-refractivity contribution in [1.82, 2.24) is 9.47 Å². The number of methoxy groups -OCH3 is 1. The van der Waals surface area contributed by atoms with Crippen molar-refractivity contribution in [2.45, 2.75) is 31.7 Å². The summed E-state index contributed by atoms with van der Waals surface area (Å²) in [6, 6.07) is 8.60. The van der Waals surface area contributed by atoms with Crippen molar-refractivity contribution >= 4 is 16.9 Å². The number of hydrogen-bond acceptors (Lipinski definition) is 4. The largest absolute Gasteiger partial charge is 0.469 e. The Kier molecular flexibility index (Phi) is 4.53. The number of piperidine rings is 1. The molecule has 140 valence electrons. The van der Waals surface area contributed by atoms with E-state index in [9.17, 15) is 9.90 Å². The normalized spacial score (nSPS) is 28.2. The average Bonchev–Trinajstić information content (AvgIpc) is 2.96. The molecule has 2 aliphatic rings. The number of aliphatic hydroxyl groups excluding tert-OH is 1. The van der Waals surface area contributed by atoms with E-state index in [0.29, 0.717) is 18.4 Å². The number of esters is 1. The molecule has 1 aliphatic heterocycles. The van der Waals surface area contributed by atoms with Gasteiger partial charge in [0.2, 0.25) is 0 Å². The Bertz CT molecular complexity index is 828. The van der Waals surface area contributed by atoms with Crippen LogP contribution in [0.15, 0.2) is 24.3 Å². The number of β-amino-alcohol motifs (C(OH)–C–C–N with tert-alkyl or cyclic N) is 1. The summed E-state index contributed by atoms with van der Waals surface area (Å²) in [4.78, 5) is 15.3. The predicted molar refractivity (Wildman–Crippen MR) is 101 cm³/mol. The van der Waals surface area contributed by atoms with E-state index >= 15 is 0 Å². The lowest BCUT2D eigenvalue weighted by Crippen LogP contribution is -2.50. The highest BCUT2D eigenvalue weighted by molar-refractivity contribution is 5.92. The molecule has 0 radical (unpaired) electrons. The number of aliphatic hydroxyl groups is 1. The topological polar surface area (TPSA) is 54.7 Å². The van der Waals surface area contributed by atoms with Gasteiger partial charge >= 0.3 is 5.97 Å². The quantitative estimate of drug-likeness (QED) is 0.856. The standard InChI is InChI=1S/C21H28N2O3/c1-4-13-12-23(9-10-24)17-11-15(13)19(21(25)26-3)18-14-7-5-6-8-16(14)22(2)20(17)18/h5-8,13,15,17,19,24H,4,9-12H2,1-3H3/t13-,15+,17+,19+/m1/s1. The van der Waals surface area contributed by atoms with Crippen LogP contribution < -0.4 is 0 Å². The van der Waals surface area contributed by atoms with E-state index in [1.54, 1.807) is 0 Å². The molecule has 1 aliphatic carbocycles. The fourth-order valence-corrected chi connectivity index (χ4v) is 5.47. The third kappa shape index (κ3) is 2.41. The van der Waals surface area contributed by atoms with E-state index in [1.807, 2.05) is 12.1 Å². The van der Waals surface area contributed by atoms with Crippen LogP contribution in [0.5, 0.6) is 0 Å². The van der Waals surface area contributed by atoms with Crippen LogP contribution in [0.25, 0.3) is 10.9 Å². The Morgan fingerprint density at radius 2 is 2.12 bits per heavy atom. The van der Waals surface area contributed by atoms with E-state index in [2.05, 4.69) is 35.6 Å². The summed E-state index contributed by atoms with van der Waals surface area (Å²) < 4.78 is 7.51. The maximum atomic E-state index is 12.9. The van der Waals surface area contributed by atoms with Crippen molar-refractivity contribution in [2.24, 2.45) is 18.9 Å². The molecule has 1 fully saturated rings. The summed E-state index contributed by atoms with van der Waals surface area (Å²) in [5, 5.41) is 10.8. The van der Waals surface area contributed by atoms with E-state index in [-0.39, 0.29) is 24.5 Å². The lowest BCUT2D eigenvalue weighted by atomic mass is 9.65. The first kappa shape index (κ1) is 17.6. The Hall–Kier alpha value is -1.85. The molecule has 1 N–H and O–H groups in total. The second kappa shape index (κ2) is 6.71. The number of rotatable bonds is 4. The van der Waals surface area contributed by atoms with E-state index in [4.69, 9.17) is 4.74 Å². The zero-order valence-corrected chi connectivity index (χ0v) is 15.8. The molecule has 5 heteroatoms. The molecule has 1 saturated heterocycles. The van der Waals surface area contributed by atoms with Crippen molar-refractivity contribution in [3.63, 3.8) is 0 Å². The summed E-state index contributed by atoms with van der Waals surface area (Å²) in [5.74, 6) is 0.429. The van der Waals surface area contributed by atoms with Gasteiger partial charge in [-0.2, -0.15) is 0 Å². The fourth-order valence-electron chi connectivity index (χ4n) is 5.47. The summed E-state index contributed by atoms with van der Waals surface area (Å²) in [7, 11) is 3.60. The molecule has 1 aromatic carbocycles. The summed E-state index contributed by atoms with van der Waals surface area (Å²) in [5.41, 5.74) is 3.54. The van der Waals surface area contributed by atoms with E-state index in [1.165, 1.54) is 12.8 Å². The molecular weight excluding hydrogens is 328 g/mol. The van der Waals surface area contributed by atoms with Gasteiger partial charge in [0.05, 0.1) is 25.7 Å². The molecule has 0 amide bonds. The van der Waals surface area contributed by atoms with Crippen LogP contribution in [-0.4, -0.2) is 47.3 Å². The highest BCUT2D eigenvalue weighted by Gasteiger charge is 2.50. The maximum absolute atomic E-state index is 12.9. The average molecular weight is 356 g/mol. The first-order valence-corrected chi connectivity index (χ1v) is 9.62. The second-order valence-corrected chi connectivity index (χ2v) is 7.68. The lowest BCUT2D eigenvalue weighted by molar-refractivity contribution is -0.146. The van der Waals surface area contributed by atoms with Crippen LogP contribution in [0.3, 0.4) is 0 Å². The minimum absolute atomic E-state index is 0.111. The van der Waals surface area contributed by atoms with Crippen LogP contribution in [0, 0.1) is 11.8 Å². The number of benzene rings is 1. The minimum Gasteiger partial charge on any atom is -0.469 e. The number of fused-ring (bicyclic) bond motifs is 6. The molecule has 4 rings (SSSR count). The number of likely N-dealkylation sites (tertiary alicyclic amines) is 1. The van der Waals surface area contributed by atoms with Gasteiger partial charge in [-0.05, 0) is 29.9 Å². The van der Waals surface area contributed by atoms with Gasteiger partial charge in [0, 0.05) is 36.7 Å². The molecule has 0 saturated carbocycles. The highest BCUT2D eigenvalue weighted by atomic mass is 16.5. The summed E-state index contributed by atoms with van der Waals surface area (Å²) in [6.45, 7) is 3.98. The third-order valence-electron chi connectivity index (χ3n) is 6.63. The predicted octanol–water partition coefficient (Wildman–Crippen LogP) is 2.83. The minimum atomic E-state index is -0.196. The zero-order chi connectivity index (χ0) is 18.4. The molecule has 5 nitrogen and oxygen atoms in total. The van der Waals surface area contributed by atoms with Crippen molar-refractivity contribution < 1.29 is 14.6 Å². The third-order valence-corrected chi connectivity index (χ3v) is 6.63. The molecule has 0 spiro atoms. The zero-order valence-electron chi connectivity index (χ0n) is 15.8. The molecule has 2 aromatic rings. The molecule has 26 heavy (non-hydrogen) atoms. The summed E-state index contributed by atoms with van der Waals surface area (Å²) in [6.07, 6.45) is 1.99. The number of para-hydroxylation sites is 1. The van der Waals surface area contributed by atoms with Gasteiger partial charge in [0.1, 0.15) is 0 Å². The van der Waals surface area contributed by atoms with Crippen LogP contribution in [0.1, 0.15) is 43.0 Å². The molecule has 2 bridgehead atoms. The van der Waals surface area contributed by atoms with Crippen molar-refractivity contribution in [2.75, 3.05) is 26.8 Å². The summed E-state index contributed by atoms with van der Waals surface area (Å²) >= 11 is 0. The number of hydrogen-bond donors (Lipinski definition) is 1. The van der Waals surface area contributed by atoms with E-state index < -0.39 is 0 Å². The van der Waals surface area contributed by atoms with Crippen LogP contribution in [-0.2, 0) is 16.6 Å². The molecule has 0 unspecified atom stereocenters. The number of nitrogens with zero attached hydrogens (tertiary/aromatic N) is 2. The van der Waals surface area contributed by atoms with Crippen LogP contribution >= 0.6 is 0 Å². The fraction of sp³-hybridized carbons (Fsp3) is 0.571. The number of aromatic nitrogens is 1. The Balaban J connectivity index is 1.97. The molecule has 2 heterocycles. The Morgan fingerprint density at radius 1 is 1.35 bits per heavy atom. The van der Waals surface area contributed by atoms with Gasteiger partial charge in [0.25, 0.3) is 0 Å². The highest BCUT2D eigenvalue weighted by Crippen LogP contribution is 2.54. The Labute approximate surface area is 154 Å². The van der Waals surface area contributed by atoms with Crippen molar-refractivity contribution in [3.8, 4) is 0 Å². The van der Waals surface area contributed by atoms with Gasteiger partial charge in [-0.3, -0.25) is 9.69 Å². The number of carbonyl (C=O) groups excluding carboxylic acids is 1. The smallest absolute Gasteiger partial charge is 0.313 e. The van der Waals surface area contributed by atoms with Gasteiger partial charge < -0.3 is 14.4 Å². The van der Waals surface area contributed by atoms with Crippen LogP contribution in [0.4, 0.5) is 0 Å². The number of ether oxygens (including phenoxy) is 1. The number of aryl methyl sites for hydroxylation is 1. The SMILES string of the molecule is CC[C@@H]1CN(CCO)[C@H]2C[C@@H]1[C@H](C(=O)OC)c1c2n(C)c2ccccc12. The maximum Gasteiger partial charge on any atom is 0.313 e. The van der Waals surface area contributed by atoms with Gasteiger partial charge in [-0.25, -0.2) is 0 Å². The lowest BCUT2D eigenvalue weighted by Gasteiger charge is -2.50. The van der Waals surface area contributed by atoms with Gasteiger partial charge in [-0.15, -0.1) is 0 Å². The molecule has 1 aromatic heterocycles. The second-order valence-electron chi connectivity index (χ2n) is 7.68. The Morgan fingerprint density at radius 3 is 2.81 bits per heavy atom. The first-order valence-electron chi connectivity index (χ1n) is 9.62. The van der Waals surface area contributed by atoms with Gasteiger partial charge in [-0.1, -0.05) is 31.5 Å². The van der Waals surface area contributed by atoms with Crippen LogP contribution in [0.2, 0.25) is 0 Å². The molecule has 4 atom stereocenters. The monoisotopic (exact) mass is 356 g/mol. The van der Waals surface area contributed by atoms with Gasteiger partial charge in [0.15, 0.2) is 0 Å². The van der Waals surface area contributed by atoms with E-state index in [0.717, 1.165) is 35.9 Å². The van der Waals surface area contributed by atoms with Crippen molar-refractivity contribution in [1.29, 1.82) is 0 Å². The number of carbonyl (C=O) groups is 1. The molecular formula is C21H28N2O3.